The maximum Gasteiger partial charge on any atom is 0.141 e. The lowest BCUT2D eigenvalue weighted by Crippen LogP contribution is -2.44. The van der Waals surface area contributed by atoms with Crippen LogP contribution in [0.5, 0.6) is 0 Å². The first-order chi connectivity index (χ1) is 49.8. The van der Waals surface area contributed by atoms with Crippen LogP contribution in [0.2, 0.25) is 0 Å². The molecule has 0 heterocycles. The van der Waals surface area contributed by atoms with Gasteiger partial charge in [0.1, 0.15) is 35.7 Å². The first kappa shape index (κ1) is 78.2. The number of nitriles is 3. The van der Waals surface area contributed by atoms with Crippen LogP contribution in [0.4, 0.5) is 13.2 Å². The zero-order chi connectivity index (χ0) is 71.6. The molecule has 0 amide bonds. The van der Waals surface area contributed by atoms with Crippen molar-refractivity contribution in [3.8, 4) is 51.6 Å². The number of rotatable bonds is 36. The molecule has 9 saturated carbocycles. The average molecular weight is 1380 g/mol. The largest absolute Gasteiger partial charge is 0.206 e. The van der Waals surface area contributed by atoms with E-state index in [1.807, 2.05) is 36.4 Å². The summed E-state index contributed by atoms with van der Waals surface area (Å²) in [7, 11) is 0. The minimum Gasteiger partial charge on any atom is -0.206 e. The minimum absolute atomic E-state index is 0.121. The maximum atomic E-state index is 14.4. The lowest BCUT2D eigenvalue weighted by Gasteiger charge is -2.54. The summed E-state index contributed by atoms with van der Waals surface area (Å²) in [5.41, 5.74) is 13.2. The summed E-state index contributed by atoms with van der Waals surface area (Å²) in [5, 5.41) is 27.3. The highest BCUT2D eigenvalue weighted by Crippen LogP contribution is 2.64. The van der Waals surface area contributed by atoms with E-state index >= 15 is 0 Å². The summed E-state index contributed by atoms with van der Waals surface area (Å²) in [6, 6.07) is 47.0. The first-order valence-electron chi connectivity index (χ1n) is 41.7. The van der Waals surface area contributed by atoms with Gasteiger partial charge in [0.25, 0.3) is 0 Å². The van der Waals surface area contributed by atoms with E-state index < -0.39 is 17.5 Å². The molecule has 3 nitrogen and oxygen atoms in total. The molecular weight excluding hydrogens is 1250 g/mol. The summed E-state index contributed by atoms with van der Waals surface area (Å²) in [6.45, 7) is 6.86. The highest BCUT2D eigenvalue weighted by molar-refractivity contribution is 5.72. The second-order valence-electron chi connectivity index (χ2n) is 33.6. The number of hydrogen-bond acceptors (Lipinski definition) is 3. The van der Waals surface area contributed by atoms with Crippen LogP contribution in [0.25, 0.3) is 33.4 Å². The molecule has 6 bridgehead atoms. The van der Waals surface area contributed by atoms with Gasteiger partial charge >= 0.3 is 0 Å². The highest BCUT2D eigenvalue weighted by atomic mass is 19.1. The van der Waals surface area contributed by atoms with Crippen LogP contribution >= 0.6 is 0 Å². The summed E-state index contributed by atoms with van der Waals surface area (Å²) in [4.78, 5) is 0. The van der Waals surface area contributed by atoms with Crippen LogP contribution in [0.15, 0.2) is 127 Å². The Morgan fingerprint density at radius 1 is 0.265 bits per heavy atom. The molecule has 6 heteroatoms. The van der Waals surface area contributed by atoms with E-state index in [1.165, 1.54) is 325 Å². The first-order valence-corrected chi connectivity index (χ1v) is 41.7. The quantitative estimate of drug-likeness (QED) is 0.0368. The molecule has 546 valence electrons. The Morgan fingerprint density at radius 3 is 0.676 bits per heavy atom. The average Bonchev–Trinajstić information content (AvgIpc) is 0.752. The van der Waals surface area contributed by atoms with E-state index in [0.717, 1.165) is 33.4 Å². The summed E-state index contributed by atoms with van der Waals surface area (Å²) >= 11 is 0. The summed E-state index contributed by atoms with van der Waals surface area (Å²) < 4.78 is 43.2. The predicted molar refractivity (Wildman–Crippen MR) is 421 cm³/mol. The van der Waals surface area contributed by atoms with Crippen molar-refractivity contribution in [2.45, 2.75) is 345 Å². The molecule has 15 rings (SSSR count). The van der Waals surface area contributed by atoms with E-state index in [1.54, 1.807) is 36.4 Å². The standard InChI is InChI=1S/C33H44FN.C32H42FN.C31H40FN/c1-2-3-4-5-6-7-8-9-10-13-18-32-19-22-33(23-20-32,24-21-32)30-15-12-11-14-29(30)27-16-17-28(26-35)31(34)25-27;1-2-3-4-5-6-7-8-9-12-17-31-18-21-32(22-19-31,23-20-31)29-14-11-10-13-28(29)26-15-16-27(25-34)30(33)24-26;1-2-3-4-5-6-7-8-11-16-30-17-20-31(21-18-30,22-19-30)28-13-10-9-12-27(28)25-14-15-26(24-33)29(32)23-25/h11-12,14-17,25H,2-10,13,18-24H2,1H3;10-11,13-16,24H,2-9,12,17-23H2,1H3;9-10,12-15,23H,2-8,11,16-22H2,1H3. The van der Waals surface area contributed by atoms with Gasteiger partial charge in [0.05, 0.1) is 16.7 Å². The Morgan fingerprint density at radius 2 is 0.471 bits per heavy atom. The zero-order valence-corrected chi connectivity index (χ0v) is 63.5. The molecule has 102 heavy (non-hydrogen) atoms. The molecule has 9 aliphatic rings. The Hall–Kier alpha value is -6.42. The summed E-state index contributed by atoms with van der Waals surface area (Å²) in [5.74, 6) is -1.25. The fourth-order valence-corrected chi connectivity index (χ4v) is 20.5. The van der Waals surface area contributed by atoms with Gasteiger partial charge in [-0.3, -0.25) is 0 Å². The van der Waals surface area contributed by atoms with E-state index in [2.05, 4.69) is 93.6 Å². The molecule has 9 fully saturated rings. The van der Waals surface area contributed by atoms with Crippen molar-refractivity contribution in [3.05, 3.63) is 178 Å². The number of fused-ring (bicyclic) bond motifs is 9. The topological polar surface area (TPSA) is 71.4 Å². The molecule has 6 aromatic rings. The van der Waals surface area contributed by atoms with Crippen LogP contribution in [0.1, 0.15) is 362 Å². The third-order valence-electron chi connectivity index (χ3n) is 27.3. The lowest BCUT2D eigenvalue weighted by molar-refractivity contribution is 0.0307. The Balaban J connectivity index is 0.000000165. The van der Waals surface area contributed by atoms with Crippen molar-refractivity contribution >= 4 is 0 Å². The number of nitrogens with zero attached hydrogens (tertiary/aromatic N) is 3. The predicted octanol–water partition coefficient (Wildman–Crippen LogP) is 29.6. The second-order valence-corrected chi connectivity index (χ2v) is 33.6. The Bertz CT molecular complexity index is 3650. The van der Waals surface area contributed by atoms with E-state index in [-0.39, 0.29) is 32.9 Å². The second kappa shape index (κ2) is 38.5. The Kier molecular flexibility index (Phi) is 29.5. The molecule has 0 aliphatic heterocycles. The van der Waals surface area contributed by atoms with E-state index in [9.17, 15) is 13.2 Å². The highest BCUT2D eigenvalue weighted by Gasteiger charge is 2.52. The van der Waals surface area contributed by atoms with Crippen molar-refractivity contribution in [3.63, 3.8) is 0 Å². The van der Waals surface area contributed by atoms with Crippen molar-refractivity contribution in [2.75, 3.05) is 0 Å². The monoisotopic (exact) mass is 1380 g/mol. The van der Waals surface area contributed by atoms with Gasteiger partial charge in [-0.25, -0.2) is 13.2 Å². The maximum absolute atomic E-state index is 14.4. The van der Waals surface area contributed by atoms with Gasteiger partial charge in [-0.2, -0.15) is 15.8 Å². The molecule has 0 radical (unpaired) electrons. The van der Waals surface area contributed by atoms with Gasteiger partial charge < -0.3 is 0 Å². The van der Waals surface area contributed by atoms with Gasteiger partial charge in [0.2, 0.25) is 0 Å². The van der Waals surface area contributed by atoms with Gasteiger partial charge in [0.15, 0.2) is 0 Å². The molecule has 0 unspecified atom stereocenters. The molecular formula is C96H126F3N3. The van der Waals surface area contributed by atoms with Crippen LogP contribution in [0.3, 0.4) is 0 Å². The molecule has 0 spiro atoms. The molecule has 6 aromatic carbocycles. The fraction of sp³-hybridized carbons (Fsp3) is 0.594. The van der Waals surface area contributed by atoms with E-state index in [4.69, 9.17) is 15.8 Å². The van der Waals surface area contributed by atoms with Gasteiger partial charge in [-0.15, -0.1) is 0 Å². The van der Waals surface area contributed by atoms with Crippen molar-refractivity contribution < 1.29 is 13.2 Å². The molecule has 0 aromatic heterocycles. The van der Waals surface area contributed by atoms with Gasteiger partial charge in [-0.1, -0.05) is 285 Å². The molecule has 0 N–H and O–H groups in total. The number of halogens is 3. The van der Waals surface area contributed by atoms with Gasteiger partial charge in [0, 0.05) is 0 Å². The number of unbranched alkanes of at least 4 members (excludes halogenated alkanes) is 24. The Labute approximate surface area is 616 Å². The lowest BCUT2D eigenvalue weighted by atomic mass is 9.50. The van der Waals surface area contributed by atoms with Crippen molar-refractivity contribution in [2.24, 2.45) is 16.2 Å². The van der Waals surface area contributed by atoms with Crippen LogP contribution < -0.4 is 0 Å². The number of hydrogen-bond donors (Lipinski definition) is 0. The van der Waals surface area contributed by atoms with Crippen molar-refractivity contribution in [1.29, 1.82) is 15.8 Å². The molecule has 0 saturated heterocycles. The van der Waals surface area contributed by atoms with E-state index in [0.29, 0.717) is 16.2 Å². The SMILES string of the molecule is CCCCCCCCCCC12CCC(c3ccccc3-c3ccc(C#N)c(F)c3)(CC1)CC2.CCCCCCCCCCCC12CCC(c3ccccc3-c3ccc(C#N)c(F)c3)(CC1)CC2.CCCCCCCCCCCCC12CCC(c3ccccc3-c3ccc(C#N)c(F)c3)(CC1)CC2. The van der Waals surface area contributed by atoms with Crippen LogP contribution in [-0.2, 0) is 16.2 Å². The van der Waals surface area contributed by atoms with Crippen LogP contribution in [-0.4, -0.2) is 0 Å². The van der Waals surface area contributed by atoms with Crippen LogP contribution in [0, 0.1) is 67.7 Å². The third-order valence-corrected chi connectivity index (χ3v) is 27.3. The fourth-order valence-electron chi connectivity index (χ4n) is 20.5. The molecule has 9 aliphatic carbocycles. The number of benzene rings is 6. The summed E-state index contributed by atoms with van der Waals surface area (Å²) in [6.07, 6.45) is 65.8. The minimum atomic E-state index is -0.418. The van der Waals surface area contributed by atoms with Crippen molar-refractivity contribution in [1.82, 2.24) is 0 Å². The third kappa shape index (κ3) is 19.9. The zero-order valence-electron chi connectivity index (χ0n) is 63.5. The molecule has 0 atom stereocenters. The normalized spacial score (nSPS) is 23.7. The smallest absolute Gasteiger partial charge is 0.141 e. The van der Waals surface area contributed by atoms with Gasteiger partial charge in [-0.05, 0) is 254 Å².